The molecule has 0 fully saturated rings. The predicted molar refractivity (Wildman–Crippen MR) is 84.5 cm³/mol. The average Bonchev–Trinajstić information content (AvgIpc) is 3.27. The van der Waals surface area contributed by atoms with Crippen LogP contribution in [0.3, 0.4) is 0 Å². The van der Waals surface area contributed by atoms with Crippen LogP contribution in [-0.4, -0.2) is 32.7 Å². The van der Waals surface area contributed by atoms with Crippen molar-refractivity contribution in [3.63, 3.8) is 0 Å². The number of rotatable bonds is 4. The minimum absolute atomic E-state index is 0.224. The molecule has 0 saturated heterocycles. The van der Waals surface area contributed by atoms with Crippen LogP contribution < -0.4 is 0 Å². The molecular formula is C15H12N4O3S. The zero-order valence-electron chi connectivity index (χ0n) is 12.1. The molecule has 0 aliphatic heterocycles. The first-order chi connectivity index (χ1) is 11.3. The van der Waals surface area contributed by atoms with Crippen molar-refractivity contribution >= 4 is 34.5 Å². The number of furan rings is 1. The van der Waals surface area contributed by atoms with Crippen molar-refractivity contribution in [3.05, 3.63) is 47.9 Å². The van der Waals surface area contributed by atoms with Gasteiger partial charge in [-0.25, -0.2) is 14.9 Å². The third kappa shape index (κ3) is 2.27. The highest BCUT2D eigenvalue weighted by Crippen LogP contribution is 2.27. The van der Waals surface area contributed by atoms with Gasteiger partial charge in [-0.15, -0.1) is 5.10 Å². The Hall–Kier alpha value is -2.74. The molecule has 7 nitrogen and oxygen atoms in total. The van der Waals surface area contributed by atoms with Crippen LogP contribution in [0, 0.1) is 0 Å². The maximum absolute atomic E-state index is 11.6. The highest BCUT2D eigenvalue weighted by atomic mass is 32.2. The van der Waals surface area contributed by atoms with E-state index in [9.17, 15) is 4.79 Å². The first-order valence-electron chi connectivity index (χ1n) is 6.87. The summed E-state index contributed by atoms with van der Waals surface area (Å²) in [6, 6.07) is 9.62. The van der Waals surface area contributed by atoms with Crippen LogP contribution in [0.5, 0.6) is 0 Å². The number of aromatic nitrogens is 4. The number of thioether (sulfide) groups is 1. The highest BCUT2D eigenvalue weighted by Gasteiger charge is 2.18. The van der Waals surface area contributed by atoms with Crippen LogP contribution in [0.15, 0.2) is 46.2 Å². The SMILES string of the molecule is COC(=O)c1occc1CSc1n[nH]c2nc3ccccc3n12. The molecule has 0 atom stereocenters. The van der Waals surface area contributed by atoms with Crippen LogP contribution >= 0.6 is 11.8 Å². The minimum atomic E-state index is -0.481. The van der Waals surface area contributed by atoms with Gasteiger partial charge in [0.1, 0.15) is 0 Å². The van der Waals surface area contributed by atoms with Crippen LogP contribution in [0.25, 0.3) is 16.8 Å². The van der Waals surface area contributed by atoms with E-state index in [4.69, 9.17) is 9.15 Å². The number of H-pyrrole nitrogens is 1. The van der Waals surface area contributed by atoms with Gasteiger partial charge in [0.2, 0.25) is 11.5 Å². The van der Waals surface area contributed by atoms with Crippen LogP contribution in [0.4, 0.5) is 0 Å². The van der Waals surface area contributed by atoms with Gasteiger partial charge < -0.3 is 9.15 Å². The Balaban J connectivity index is 1.66. The summed E-state index contributed by atoms with van der Waals surface area (Å²) in [5.41, 5.74) is 2.66. The maximum Gasteiger partial charge on any atom is 0.374 e. The minimum Gasteiger partial charge on any atom is -0.463 e. The molecule has 0 aliphatic carbocycles. The molecule has 1 aromatic carbocycles. The first-order valence-corrected chi connectivity index (χ1v) is 7.85. The van der Waals surface area contributed by atoms with Crippen molar-refractivity contribution in [3.8, 4) is 0 Å². The second kappa shape index (κ2) is 5.47. The van der Waals surface area contributed by atoms with Gasteiger partial charge in [-0.3, -0.25) is 4.40 Å². The number of hydrogen-bond donors (Lipinski definition) is 1. The number of hydrogen-bond acceptors (Lipinski definition) is 6. The number of aromatic amines is 1. The Morgan fingerprint density at radius 2 is 2.26 bits per heavy atom. The lowest BCUT2D eigenvalue weighted by atomic mass is 10.3. The quantitative estimate of drug-likeness (QED) is 0.458. The Morgan fingerprint density at radius 1 is 1.39 bits per heavy atom. The highest BCUT2D eigenvalue weighted by molar-refractivity contribution is 7.98. The van der Waals surface area contributed by atoms with Gasteiger partial charge in [-0.1, -0.05) is 23.9 Å². The molecule has 3 heterocycles. The van der Waals surface area contributed by atoms with E-state index in [1.54, 1.807) is 6.07 Å². The lowest BCUT2D eigenvalue weighted by Crippen LogP contribution is -2.02. The summed E-state index contributed by atoms with van der Waals surface area (Å²) in [6.45, 7) is 0. The Bertz CT molecular complexity index is 1000. The van der Waals surface area contributed by atoms with Gasteiger partial charge in [0.25, 0.3) is 0 Å². The van der Waals surface area contributed by atoms with E-state index in [0.717, 1.165) is 21.8 Å². The van der Waals surface area contributed by atoms with Gasteiger partial charge in [0.05, 0.1) is 24.4 Å². The van der Waals surface area contributed by atoms with E-state index < -0.39 is 5.97 Å². The normalized spacial score (nSPS) is 11.3. The van der Waals surface area contributed by atoms with E-state index in [1.165, 1.54) is 25.1 Å². The number of para-hydroxylation sites is 2. The monoisotopic (exact) mass is 328 g/mol. The summed E-state index contributed by atoms with van der Waals surface area (Å²) in [7, 11) is 1.33. The Morgan fingerprint density at radius 3 is 3.13 bits per heavy atom. The van der Waals surface area contributed by atoms with E-state index in [-0.39, 0.29) is 5.76 Å². The summed E-state index contributed by atoms with van der Waals surface area (Å²) >= 11 is 1.49. The van der Waals surface area contributed by atoms with E-state index in [0.29, 0.717) is 11.5 Å². The smallest absolute Gasteiger partial charge is 0.374 e. The van der Waals surface area contributed by atoms with E-state index in [2.05, 4.69) is 15.2 Å². The van der Waals surface area contributed by atoms with Gasteiger partial charge in [-0.2, -0.15) is 0 Å². The number of carbonyl (C=O) groups is 1. The third-order valence-corrected chi connectivity index (χ3v) is 4.47. The van der Waals surface area contributed by atoms with Gasteiger partial charge in [0.15, 0.2) is 5.16 Å². The molecule has 0 unspecified atom stereocenters. The molecule has 0 spiro atoms. The van der Waals surface area contributed by atoms with E-state index in [1.807, 2.05) is 28.7 Å². The molecule has 116 valence electrons. The summed E-state index contributed by atoms with van der Waals surface area (Å²) < 4.78 is 11.9. The van der Waals surface area contributed by atoms with Crippen molar-refractivity contribution in [2.24, 2.45) is 0 Å². The molecule has 0 amide bonds. The summed E-state index contributed by atoms with van der Waals surface area (Å²) in [5, 5.41) is 7.98. The van der Waals surface area contributed by atoms with Crippen molar-refractivity contribution in [1.29, 1.82) is 0 Å². The zero-order chi connectivity index (χ0) is 15.8. The molecule has 1 N–H and O–H groups in total. The lowest BCUT2D eigenvalue weighted by molar-refractivity contribution is 0.0564. The fraction of sp³-hybridized carbons (Fsp3) is 0.133. The van der Waals surface area contributed by atoms with Gasteiger partial charge in [0, 0.05) is 11.3 Å². The molecule has 3 aromatic heterocycles. The fourth-order valence-electron chi connectivity index (χ4n) is 2.40. The molecule has 0 aliphatic rings. The number of ether oxygens (including phenoxy) is 1. The predicted octanol–water partition coefficient (Wildman–Crippen LogP) is 2.88. The van der Waals surface area contributed by atoms with E-state index >= 15 is 0 Å². The van der Waals surface area contributed by atoms with Gasteiger partial charge >= 0.3 is 5.97 Å². The molecule has 0 radical (unpaired) electrons. The number of benzene rings is 1. The lowest BCUT2D eigenvalue weighted by Gasteiger charge is -2.00. The van der Waals surface area contributed by atoms with Gasteiger partial charge in [-0.05, 0) is 18.2 Å². The first kappa shape index (κ1) is 13.9. The molecule has 4 aromatic rings. The largest absolute Gasteiger partial charge is 0.463 e. The second-order valence-electron chi connectivity index (χ2n) is 4.82. The number of nitrogens with one attached hydrogen (secondary N) is 1. The summed E-state index contributed by atoms with van der Waals surface area (Å²) in [5.74, 6) is 0.968. The van der Waals surface area contributed by atoms with Crippen molar-refractivity contribution < 1.29 is 13.9 Å². The van der Waals surface area contributed by atoms with Crippen LogP contribution in [-0.2, 0) is 10.5 Å². The molecule has 8 heteroatoms. The molecule has 4 rings (SSSR count). The summed E-state index contributed by atoms with van der Waals surface area (Å²) in [4.78, 5) is 16.1. The standard InChI is InChI=1S/C15H12N4O3S/c1-21-13(20)12-9(6-7-22-12)8-23-15-18-17-14-16-10-4-2-3-5-11(10)19(14)15/h2-7H,8H2,1H3,(H,16,17). The van der Waals surface area contributed by atoms with Crippen molar-refractivity contribution in [2.45, 2.75) is 10.9 Å². The Labute approximate surface area is 134 Å². The molecule has 23 heavy (non-hydrogen) atoms. The van der Waals surface area contributed by atoms with Crippen molar-refractivity contribution in [1.82, 2.24) is 19.6 Å². The number of esters is 1. The molecule has 0 saturated carbocycles. The van der Waals surface area contributed by atoms with Crippen molar-refractivity contribution in [2.75, 3.05) is 7.11 Å². The average molecular weight is 328 g/mol. The topological polar surface area (TPSA) is 85.4 Å². The maximum atomic E-state index is 11.6. The fourth-order valence-corrected chi connectivity index (χ4v) is 3.34. The van der Waals surface area contributed by atoms with Crippen LogP contribution in [0.1, 0.15) is 16.1 Å². The Kier molecular flexibility index (Phi) is 3.30. The number of fused-ring (bicyclic) bond motifs is 3. The third-order valence-electron chi connectivity index (χ3n) is 3.48. The number of nitrogens with zero attached hydrogens (tertiary/aromatic N) is 3. The molecule has 0 bridgehead atoms. The zero-order valence-corrected chi connectivity index (χ0v) is 13.0. The van der Waals surface area contributed by atoms with Crippen LogP contribution in [0.2, 0.25) is 0 Å². The number of carbonyl (C=O) groups excluding carboxylic acids is 1. The second-order valence-corrected chi connectivity index (χ2v) is 5.76. The number of methoxy groups -OCH3 is 1. The molecular weight excluding hydrogens is 316 g/mol. The summed E-state index contributed by atoms with van der Waals surface area (Å²) in [6.07, 6.45) is 1.48. The number of imidazole rings is 1.